The molecular weight excluding hydrogens is 198 g/mol. The van der Waals surface area contributed by atoms with Gasteiger partial charge >= 0.3 is 12.0 Å². The van der Waals surface area contributed by atoms with Crippen LogP contribution in [0.15, 0.2) is 24.5 Å². The van der Waals surface area contributed by atoms with Crippen molar-refractivity contribution in [1.29, 1.82) is 0 Å². The highest BCUT2D eigenvalue weighted by molar-refractivity contribution is 5.91. The van der Waals surface area contributed by atoms with E-state index in [0.29, 0.717) is 5.56 Å². The Kier molecular flexibility index (Phi) is 2.03. The zero-order valence-electron chi connectivity index (χ0n) is 7.73. The zero-order chi connectivity index (χ0) is 10.9. The number of carbonyl (C=O) groups is 2. The third-order valence-corrected chi connectivity index (χ3v) is 2.36. The lowest BCUT2D eigenvalue weighted by molar-refractivity contribution is -0.143. The molecule has 1 aromatic heterocycles. The van der Waals surface area contributed by atoms with Crippen molar-refractivity contribution in [3.8, 4) is 0 Å². The summed E-state index contributed by atoms with van der Waals surface area (Å²) in [5.41, 5.74) is -0.943. The maximum atomic E-state index is 11.2. The Labute approximate surface area is 85.3 Å². The lowest BCUT2D eigenvalue weighted by atomic mass is 9.92. The van der Waals surface area contributed by atoms with Gasteiger partial charge in [0, 0.05) is 18.0 Å². The van der Waals surface area contributed by atoms with Gasteiger partial charge in [-0.1, -0.05) is 6.07 Å². The largest absolute Gasteiger partial charge is 0.479 e. The number of urea groups is 1. The molecule has 1 aliphatic rings. The van der Waals surface area contributed by atoms with Gasteiger partial charge in [0.15, 0.2) is 5.54 Å². The first kappa shape index (κ1) is 9.45. The lowest BCUT2D eigenvalue weighted by Crippen LogP contribution is -2.47. The maximum Gasteiger partial charge on any atom is 0.336 e. The van der Waals surface area contributed by atoms with Gasteiger partial charge in [-0.05, 0) is 6.07 Å². The van der Waals surface area contributed by atoms with E-state index >= 15 is 0 Å². The topological polar surface area (TPSA) is 91.3 Å². The van der Waals surface area contributed by atoms with Gasteiger partial charge in [-0.25, -0.2) is 9.59 Å². The highest BCUT2D eigenvalue weighted by Gasteiger charge is 2.46. The van der Waals surface area contributed by atoms with E-state index in [1.807, 2.05) is 0 Å². The Morgan fingerprint density at radius 1 is 1.60 bits per heavy atom. The number of rotatable bonds is 2. The fraction of sp³-hybridized carbons (Fsp3) is 0.222. The van der Waals surface area contributed by atoms with E-state index in [2.05, 4.69) is 15.6 Å². The molecule has 1 unspecified atom stereocenters. The highest BCUT2D eigenvalue weighted by Crippen LogP contribution is 2.22. The Morgan fingerprint density at radius 2 is 2.40 bits per heavy atom. The second kappa shape index (κ2) is 3.23. The van der Waals surface area contributed by atoms with Crippen molar-refractivity contribution in [2.24, 2.45) is 0 Å². The monoisotopic (exact) mass is 207 g/mol. The first-order chi connectivity index (χ1) is 7.15. The molecule has 78 valence electrons. The van der Waals surface area contributed by atoms with Crippen molar-refractivity contribution in [1.82, 2.24) is 15.6 Å². The van der Waals surface area contributed by atoms with Crippen LogP contribution in [0.3, 0.4) is 0 Å². The van der Waals surface area contributed by atoms with Crippen LogP contribution in [0, 0.1) is 0 Å². The van der Waals surface area contributed by atoms with Crippen LogP contribution in [0.2, 0.25) is 0 Å². The molecule has 1 aromatic rings. The second-order valence-corrected chi connectivity index (χ2v) is 3.26. The number of carboxylic acids is 1. The number of carbonyl (C=O) groups excluding carboxylic acids is 1. The van der Waals surface area contributed by atoms with E-state index in [1.165, 1.54) is 6.20 Å². The van der Waals surface area contributed by atoms with Gasteiger partial charge in [0.1, 0.15) is 0 Å². The van der Waals surface area contributed by atoms with Gasteiger partial charge in [-0.3, -0.25) is 4.98 Å². The average Bonchev–Trinajstić information content (AvgIpc) is 2.63. The second-order valence-electron chi connectivity index (χ2n) is 3.26. The van der Waals surface area contributed by atoms with E-state index in [4.69, 9.17) is 5.11 Å². The number of aliphatic carboxylic acids is 1. The molecular formula is C9H9N3O3. The molecule has 0 bridgehead atoms. The summed E-state index contributed by atoms with van der Waals surface area (Å²) in [6, 6.07) is 2.76. The standard InChI is InChI=1S/C9H9N3O3/c13-7(14)9(5-11-8(15)12-9)6-2-1-3-10-4-6/h1-4H,5H2,(H,13,14)(H2,11,12,15). The summed E-state index contributed by atoms with van der Waals surface area (Å²) in [5, 5.41) is 14.0. The van der Waals surface area contributed by atoms with Crippen LogP contribution in [-0.4, -0.2) is 28.6 Å². The van der Waals surface area contributed by atoms with Crippen LogP contribution in [0.4, 0.5) is 4.79 Å². The molecule has 1 atom stereocenters. The molecule has 1 aliphatic heterocycles. The number of nitrogens with one attached hydrogen (secondary N) is 2. The van der Waals surface area contributed by atoms with Crippen LogP contribution in [0.5, 0.6) is 0 Å². The molecule has 6 heteroatoms. The molecule has 3 N–H and O–H groups in total. The zero-order valence-corrected chi connectivity index (χ0v) is 7.73. The van der Waals surface area contributed by atoms with Crippen molar-refractivity contribution in [2.75, 3.05) is 6.54 Å². The SMILES string of the molecule is O=C1NCC(C(=O)O)(c2cccnc2)N1. The summed E-state index contributed by atoms with van der Waals surface area (Å²) in [7, 11) is 0. The predicted molar refractivity (Wildman–Crippen MR) is 50.1 cm³/mol. The molecule has 2 rings (SSSR count). The summed E-state index contributed by atoms with van der Waals surface area (Å²) >= 11 is 0. The Balaban J connectivity index is 2.45. The van der Waals surface area contributed by atoms with Crippen molar-refractivity contribution >= 4 is 12.0 Å². The summed E-state index contributed by atoms with van der Waals surface area (Å²) in [4.78, 5) is 26.1. The van der Waals surface area contributed by atoms with Crippen LogP contribution < -0.4 is 10.6 Å². The minimum atomic E-state index is -1.40. The summed E-state index contributed by atoms with van der Waals surface area (Å²) in [6.07, 6.45) is 2.98. The van der Waals surface area contributed by atoms with E-state index in [1.54, 1.807) is 18.3 Å². The third kappa shape index (κ3) is 1.39. The van der Waals surface area contributed by atoms with Crippen LogP contribution in [0.25, 0.3) is 0 Å². The Bertz CT molecular complexity index is 406. The molecule has 0 aromatic carbocycles. The van der Waals surface area contributed by atoms with Gasteiger partial charge in [-0.15, -0.1) is 0 Å². The van der Waals surface area contributed by atoms with Crippen LogP contribution in [0.1, 0.15) is 5.56 Å². The van der Waals surface area contributed by atoms with Crippen LogP contribution >= 0.6 is 0 Å². The van der Waals surface area contributed by atoms with Gasteiger partial charge in [0.05, 0.1) is 6.54 Å². The first-order valence-corrected chi connectivity index (χ1v) is 4.35. The van der Waals surface area contributed by atoms with Gasteiger partial charge < -0.3 is 15.7 Å². The molecule has 2 heterocycles. The molecule has 0 saturated carbocycles. The number of aromatic nitrogens is 1. The summed E-state index contributed by atoms with van der Waals surface area (Å²) in [6.45, 7) is 0.0207. The molecule has 1 fully saturated rings. The molecule has 1 saturated heterocycles. The van der Waals surface area contributed by atoms with Gasteiger partial charge in [0.2, 0.25) is 0 Å². The van der Waals surface area contributed by atoms with E-state index in [9.17, 15) is 9.59 Å². The average molecular weight is 207 g/mol. The van der Waals surface area contributed by atoms with Gasteiger partial charge in [0.25, 0.3) is 0 Å². The highest BCUT2D eigenvalue weighted by atomic mass is 16.4. The molecule has 0 aliphatic carbocycles. The number of carboxylic acid groups (broad SMARTS) is 1. The first-order valence-electron chi connectivity index (χ1n) is 4.35. The van der Waals surface area contributed by atoms with Crippen molar-refractivity contribution in [3.05, 3.63) is 30.1 Å². The normalized spacial score (nSPS) is 24.4. The Morgan fingerprint density at radius 3 is 2.87 bits per heavy atom. The fourth-order valence-electron chi connectivity index (χ4n) is 1.54. The van der Waals surface area contributed by atoms with Crippen LogP contribution in [-0.2, 0) is 10.3 Å². The van der Waals surface area contributed by atoms with Gasteiger partial charge in [-0.2, -0.15) is 0 Å². The smallest absolute Gasteiger partial charge is 0.336 e. The Hall–Kier alpha value is -2.11. The number of hydrogen-bond donors (Lipinski definition) is 3. The molecule has 0 spiro atoms. The van der Waals surface area contributed by atoms with E-state index < -0.39 is 17.5 Å². The van der Waals surface area contributed by atoms with E-state index in [0.717, 1.165) is 0 Å². The number of amides is 2. The third-order valence-electron chi connectivity index (χ3n) is 2.36. The van der Waals surface area contributed by atoms with Crippen molar-refractivity contribution in [3.63, 3.8) is 0 Å². The quantitative estimate of drug-likeness (QED) is 0.619. The van der Waals surface area contributed by atoms with Crippen molar-refractivity contribution in [2.45, 2.75) is 5.54 Å². The number of hydrogen-bond acceptors (Lipinski definition) is 3. The summed E-state index contributed by atoms with van der Waals surface area (Å²) in [5.74, 6) is -1.10. The van der Waals surface area contributed by atoms with Crippen molar-refractivity contribution < 1.29 is 14.7 Å². The fourth-order valence-corrected chi connectivity index (χ4v) is 1.54. The predicted octanol–water partition coefficient (Wildman–Crippen LogP) is -0.326. The summed E-state index contributed by atoms with van der Waals surface area (Å²) < 4.78 is 0. The molecule has 2 amide bonds. The molecule has 0 radical (unpaired) electrons. The maximum absolute atomic E-state index is 11.2. The number of nitrogens with zero attached hydrogens (tertiary/aromatic N) is 1. The minimum absolute atomic E-state index is 0.0207. The van der Waals surface area contributed by atoms with E-state index in [-0.39, 0.29) is 6.54 Å². The minimum Gasteiger partial charge on any atom is -0.479 e. The number of pyridine rings is 1. The molecule has 6 nitrogen and oxygen atoms in total. The molecule has 15 heavy (non-hydrogen) atoms. The lowest BCUT2D eigenvalue weighted by Gasteiger charge is -2.22.